The fourth-order valence-electron chi connectivity index (χ4n) is 3.45. The number of urea groups is 1. The van der Waals surface area contributed by atoms with Crippen LogP contribution in [0, 0.1) is 0 Å². The largest absolute Gasteiger partial charge is 0.465 e. The Balaban J connectivity index is 2.11. The standard InChI is InChI=1S/C22H31N3O6/c1-5-30-20(27)17(13-12-16-10-8-7-9-11-16)23-15(3)19(26)25-18(21(28)31-6-2)14-24(4)22(25)29/h7-11,15,17-18,23H,5-6,12-14H2,1-4H3. The molecule has 1 aromatic rings. The zero-order chi connectivity index (χ0) is 23.0. The van der Waals surface area contributed by atoms with Gasteiger partial charge in [0.2, 0.25) is 5.91 Å². The number of esters is 2. The van der Waals surface area contributed by atoms with Crippen molar-refractivity contribution in [3.8, 4) is 0 Å². The van der Waals surface area contributed by atoms with Gasteiger partial charge in [0.25, 0.3) is 0 Å². The van der Waals surface area contributed by atoms with Crippen molar-refractivity contribution >= 4 is 23.9 Å². The summed E-state index contributed by atoms with van der Waals surface area (Å²) in [5.41, 5.74) is 1.05. The number of carbonyl (C=O) groups is 4. The van der Waals surface area contributed by atoms with E-state index in [9.17, 15) is 19.2 Å². The number of likely N-dealkylation sites (N-methyl/N-ethyl adjacent to an activating group) is 1. The minimum atomic E-state index is -1.01. The number of hydrogen-bond acceptors (Lipinski definition) is 7. The van der Waals surface area contributed by atoms with Crippen LogP contribution in [0.5, 0.6) is 0 Å². The summed E-state index contributed by atoms with van der Waals surface area (Å²) >= 11 is 0. The topological polar surface area (TPSA) is 105 Å². The number of aryl methyl sites for hydroxylation is 1. The summed E-state index contributed by atoms with van der Waals surface area (Å²) in [6.07, 6.45) is 1.02. The smallest absolute Gasteiger partial charge is 0.331 e. The number of imide groups is 1. The molecule has 1 heterocycles. The van der Waals surface area contributed by atoms with E-state index in [-0.39, 0.29) is 19.8 Å². The fourth-order valence-corrected chi connectivity index (χ4v) is 3.45. The van der Waals surface area contributed by atoms with Gasteiger partial charge in [-0.2, -0.15) is 0 Å². The van der Waals surface area contributed by atoms with Gasteiger partial charge >= 0.3 is 18.0 Å². The van der Waals surface area contributed by atoms with Crippen molar-refractivity contribution in [1.82, 2.24) is 15.1 Å². The first-order chi connectivity index (χ1) is 14.8. The van der Waals surface area contributed by atoms with E-state index in [1.807, 2.05) is 30.3 Å². The Morgan fingerprint density at radius 3 is 2.39 bits per heavy atom. The molecule has 1 aromatic carbocycles. The average Bonchev–Trinajstić information content (AvgIpc) is 3.06. The highest BCUT2D eigenvalue weighted by Crippen LogP contribution is 2.18. The molecule has 1 saturated heterocycles. The van der Waals surface area contributed by atoms with Gasteiger partial charge in [0, 0.05) is 7.05 Å². The van der Waals surface area contributed by atoms with Crippen molar-refractivity contribution in [3.63, 3.8) is 0 Å². The SMILES string of the molecule is CCOC(=O)C(CCc1ccccc1)NC(C)C(=O)N1C(=O)N(C)CC1C(=O)OCC. The second-order valence-electron chi connectivity index (χ2n) is 7.36. The molecule has 0 aliphatic carbocycles. The minimum absolute atomic E-state index is 0.0610. The number of rotatable bonds is 10. The van der Waals surface area contributed by atoms with E-state index in [4.69, 9.17) is 9.47 Å². The first-order valence-corrected chi connectivity index (χ1v) is 10.5. The number of ether oxygens (including phenoxy) is 2. The molecule has 0 spiro atoms. The lowest BCUT2D eigenvalue weighted by Crippen LogP contribution is -2.55. The van der Waals surface area contributed by atoms with Crippen molar-refractivity contribution in [1.29, 1.82) is 0 Å². The summed E-state index contributed by atoms with van der Waals surface area (Å²) in [7, 11) is 1.52. The van der Waals surface area contributed by atoms with Gasteiger partial charge in [-0.3, -0.25) is 14.9 Å². The zero-order valence-corrected chi connectivity index (χ0v) is 18.5. The van der Waals surface area contributed by atoms with E-state index < -0.39 is 42.0 Å². The van der Waals surface area contributed by atoms with Gasteiger partial charge < -0.3 is 14.4 Å². The molecule has 170 valence electrons. The number of carbonyl (C=O) groups excluding carboxylic acids is 4. The molecule has 31 heavy (non-hydrogen) atoms. The molecule has 9 nitrogen and oxygen atoms in total. The minimum Gasteiger partial charge on any atom is -0.465 e. The Kier molecular flexibility index (Phi) is 8.99. The van der Waals surface area contributed by atoms with Gasteiger partial charge in [-0.1, -0.05) is 30.3 Å². The normalized spacial score (nSPS) is 17.9. The van der Waals surface area contributed by atoms with Crippen LogP contribution in [0.2, 0.25) is 0 Å². The van der Waals surface area contributed by atoms with Gasteiger partial charge in [-0.15, -0.1) is 0 Å². The van der Waals surface area contributed by atoms with E-state index in [1.165, 1.54) is 11.9 Å². The number of benzene rings is 1. The third kappa shape index (κ3) is 6.27. The van der Waals surface area contributed by atoms with E-state index in [1.54, 1.807) is 20.8 Å². The monoisotopic (exact) mass is 433 g/mol. The lowest BCUT2D eigenvalue weighted by atomic mass is 10.0. The Bertz CT molecular complexity index is 785. The molecule has 1 N–H and O–H groups in total. The maximum absolute atomic E-state index is 13.1. The highest BCUT2D eigenvalue weighted by Gasteiger charge is 2.46. The van der Waals surface area contributed by atoms with Crippen LogP contribution in [0.1, 0.15) is 32.8 Å². The summed E-state index contributed by atoms with van der Waals surface area (Å²) in [5.74, 6) is -1.70. The van der Waals surface area contributed by atoms with Crippen LogP contribution in [0.25, 0.3) is 0 Å². The van der Waals surface area contributed by atoms with E-state index >= 15 is 0 Å². The lowest BCUT2D eigenvalue weighted by molar-refractivity contribution is -0.152. The van der Waals surface area contributed by atoms with Gasteiger partial charge in [-0.05, 0) is 39.2 Å². The fraction of sp³-hybridized carbons (Fsp3) is 0.545. The molecule has 9 heteroatoms. The molecule has 0 radical (unpaired) electrons. The molecule has 1 aliphatic rings. The maximum Gasteiger partial charge on any atom is 0.331 e. The van der Waals surface area contributed by atoms with Crippen molar-refractivity contribution in [2.24, 2.45) is 0 Å². The molecule has 3 unspecified atom stereocenters. The summed E-state index contributed by atoms with van der Waals surface area (Å²) in [4.78, 5) is 52.5. The second-order valence-corrected chi connectivity index (χ2v) is 7.36. The van der Waals surface area contributed by atoms with E-state index in [2.05, 4.69) is 5.32 Å². The van der Waals surface area contributed by atoms with Crippen molar-refractivity contribution in [2.75, 3.05) is 26.8 Å². The average molecular weight is 434 g/mol. The predicted octanol–water partition coefficient (Wildman–Crippen LogP) is 1.35. The predicted molar refractivity (Wildman–Crippen MR) is 113 cm³/mol. The Morgan fingerprint density at radius 2 is 1.77 bits per heavy atom. The Morgan fingerprint density at radius 1 is 1.13 bits per heavy atom. The molecule has 0 aromatic heterocycles. The molecule has 0 bridgehead atoms. The molecule has 1 fully saturated rings. The lowest BCUT2D eigenvalue weighted by Gasteiger charge is -2.26. The molecule has 3 amide bonds. The quantitative estimate of drug-likeness (QED) is 0.556. The Hall–Kier alpha value is -2.94. The highest BCUT2D eigenvalue weighted by molar-refractivity contribution is 6.03. The summed E-state index contributed by atoms with van der Waals surface area (Å²) in [6, 6.07) is 6.44. The molecule has 0 saturated carbocycles. The first kappa shape index (κ1) is 24.3. The summed E-state index contributed by atoms with van der Waals surface area (Å²) in [6.45, 7) is 5.35. The van der Waals surface area contributed by atoms with Crippen LogP contribution >= 0.6 is 0 Å². The third-order valence-corrected chi connectivity index (χ3v) is 5.04. The van der Waals surface area contributed by atoms with Crippen molar-refractivity contribution in [3.05, 3.63) is 35.9 Å². The Labute approximate surface area is 182 Å². The molecule has 2 rings (SSSR count). The van der Waals surface area contributed by atoms with Gasteiger partial charge in [-0.25, -0.2) is 14.5 Å². The second kappa shape index (κ2) is 11.5. The van der Waals surface area contributed by atoms with Crippen LogP contribution in [-0.4, -0.2) is 78.6 Å². The highest BCUT2D eigenvalue weighted by atomic mass is 16.5. The number of amides is 3. The molecular weight excluding hydrogens is 402 g/mol. The summed E-state index contributed by atoms with van der Waals surface area (Å²) < 4.78 is 10.2. The summed E-state index contributed by atoms with van der Waals surface area (Å²) in [5, 5.41) is 2.99. The number of hydrogen-bond donors (Lipinski definition) is 1. The van der Waals surface area contributed by atoms with Crippen LogP contribution in [0.4, 0.5) is 4.79 Å². The van der Waals surface area contributed by atoms with E-state index in [0.29, 0.717) is 12.8 Å². The van der Waals surface area contributed by atoms with E-state index in [0.717, 1.165) is 10.5 Å². The number of nitrogens with zero attached hydrogens (tertiary/aromatic N) is 2. The zero-order valence-electron chi connectivity index (χ0n) is 18.5. The molecular formula is C22H31N3O6. The van der Waals surface area contributed by atoms with Crippen molar-refractivity contribution < 1.29 is 28.7 Å². The van der Waals surface area contributed by atoms with Gasteiger partial charge in [0.1, 0.15) is 6.04 Å². The van der Waals surface area contributed by atoms with Crippen LogP contribution in [0.15, 0.2) is 30.3 Å². The third-order valence-electron chi connectivity index (χ3n) is 5.04. The van der Waals surface area contributed by atoms with Crippen LogP contribution in [0.3, 0.4) is 0 Å². The maximum atomic E-state index is 13.1. The molecule has 1 aliphatic heterocycles. The first-order valence-electron chi connectivity index (χ1n) is 10.5. The van der Waals surface area contributed by atoms with Crippen LogP contribution < -0.4 is 5.32 Å². The van der Waals surface area contributed by atoms with Crippen molar-refractivity contribution in [2.45, 2.75) is 51.7 Å². The number of nitrogens with one attached hydrogen (secondary N) is 1. The van der Waals surface area contributed by atoms with Gasteiger partial charge in [0.15, 0.2) is 6.04 Å². The molecule has 3 atom stereocenters. The van der Waals surface area contributed by atoms with Crippen LogP contribution in [-0.2, 0) is 30.3 Å². The van der Waals surface area contributed by atoms with Gasteiger partial charge in [0.05, 0.1) is 25.8 Å².